The SMILES string of the molecule is Cc1ccc(-[n+]2[c-]n(-c3cc4c(cn3)c3cnc(-n5[c-][n+](-c6ccc(C)cc6)cc5)cc3n4-c3cc(-n4[c-][n+](-c5ccc(C)cc5)cc4)c(C#N)c(-n4[c-][n+](-c5ccc(C)cc5)cc4)c3)cc2)cc1. The van der Waals surface area contributed by atoms with Crippen molar-refractivity contribution in [1.29, 1.82) is 5.26 Å². The number of imidazole rings is 4. The van der Waals surface area contributed by atoms with E-state index >= 15 is 0 Å². The Morgan fingerprint density at radius 1 is 0.435 bits per heavy atom. The molecule has 69 heavy (non-hydrogen) atoms. The lowest BCUT2D eigenvalue weighted by molar-refractivity contribution is -0.599. The van der Waals surface area contributed by atoms with Crippen molar-refractivity contribution in [2.45, 2.75) is 27.7 Å². The summed E-state index contributed by atoms with van der Waals surface area (Å²) < 4.78 is 17.6. The molecule has 12 aromatic rings. The van der Waals surface area contributed by atoms with Crippen LogP contribution < -0.4 is 18.3 Å². The minimum absolute atomic E-state index is 0.445. The van der Waals surface area contributed by atoms with E-state index in [1.807, 2.05) is 98.5 Å². The molecule has 12 nitrogen and oxygen atoms in total. The molecule has 0 bridgehead atoms. The van der Waals surface area contributed by atoms with Gasteiger partial charge in [0.1, 0.15) is 0 Å². The van der Waals surface area contributed by atoms with Crippen LogP contribution in [0.4, 0.5) is 0 Å². The summed E-state index contributed by atoms with van der Waals surface area (Å²) in [5, 5.41) is 13.0. The zero-order valence-corrected chi connectivity index (χ0v) is 38.2. The lowest BCUT2D eigenvalue weighted by Crippen LogP contribution is -2.28. The van der Waals surface area contributed by atoms with Gasteiger partial charge in [-0.2, -0.15) is 5.26 Å². The predicted octanol–water partition coefficient (Wildman–Crippen LogP) is 8.15. The van der Waals surface area contributed by atoms with E-state index in [0.717, 1.165) is 61.4 Å². The van der Waals surface area contributed by atoms with Gasteiger partial charge >= 0.3 is 0 Å². The molecule has 0 radical (unpaired) electrons. The monoisotopic (exact) mass is 894 g/mol. The van der Waals surface area contributed by atoms with Gasteiger partial charge in [-0.05, 0) is 100 Å². The van der Waals surface area contributed by atoms with Gasteiger partial charge in [-0.15, -0.1) is 0 Å². The highest BCUT2D eigenvalue weighted by molar-refractivity contribution is 6.09. The summed E-state index contributed by atoms with van der Waals surface area (Å²) in [6, 6.07) is 44.1. The van der Waals surface area contributed by atoms with Gasteiger partial charge < -0.3 is 4.57 Å². The number of hydrogen-bond donors (Lipinski definition) is 0. The van der Waals surface area contributed by atoms with E-state index in [2.05, 4.69) is 185 Å². The maximum Gasteiger partial charge on any atom is 0.270 e. The van der Waals surface area contributed by atoms with Crippen molar-refractivity contribution in [2.75, 3.05) is 0 Å². The fourth-order valence-corrected chi connectivity index (χ4v) is 8.73. The van der Waals surface area contributed by atoms with Gasteiger partial charge in [0.05, 0.1) is 56.8 Å². The summed E-state index contributed by atoms with van der Waals surface area (Å²) in [7, 11) is 0. The summed E-state index contributed by atoms with van der Waals surface area (Å²) in [6.45, 7) is 8.30. The number of fused-ring (bicyclic) bond motifs is 3. The Bertz CT molecular complexity index is 3680. The number of rotatable bonds is 9. The van der Waals surface area contributed by atoms with Crippen LogP contribution in [0.3, 0.4) is 0 Å². The van der Waals surface area contributed by atoms with Crippen LogP contribution in [0, 0.1) is 64.3 Å². The highest BCUT2D eigenvalue weighted by Crippen LogP contribution is 2.36. The Morgan fingerprint density at radius 2 is 0.754 bits per heavy atom. The van der Waals surface area contributed by atoms with Crippen molar-refractivity contribution in [3.63, 3.8) is 0 Å². The number of pyridine rings is 2. The summed E-state index contributed by atoms with van der Waals surface area (Å²) in [5.74, 6) is 1.35. The van der Waals surface area contributed by atoms with Gasteiger partial charge in [-0.25, -0.2) is 0 Å². The molecule has 0 unspecified atom stereocenters. The Morgan fingerprint density at radius 3 is 1.09 bits per heavy atom. The molecule has 0 saturated carbocycles. The van der Waals surface area contributed by atoms with E-state index in [1.165, 1.54) is 11.1 Å². The molecule has 12 rings (SSSR count). The second-order valence-corrected chi connectivity index (χ2v) is 17.3. The molecular weight excluding hydrogens is 853 g/mol. The largest absolute Gasteiger partial charge is 0.311 e. The number of hydrogen-bond acceptors (Lipinski definition) is 3. The molecule has 12 heteroatoms. The maximum atomic E-state index is 11.2. The molecule has 5 aromatic carbocycles. The molecule has 0 fully saturated rings. The first-order chi connectivity index (χ1) is 33.7. The van der Waals surface area contributed by atoms with Gasteiger partial charge in [-0.3, -0.25) is 46.5 Å². The molecule has 0 spiro atoms. The third-order valence-corrected chi connectivity index (χ3v) is 12.5. The Kier molecular flexibility index (Phi) is 9.77. The third-order valence-electron chi connectivity index (χ3n) is 12.5. The van der Waals surface area contributed by atoms with E-state index in [9.17, 15) is 5.26 Å². The minimum atomic E-state index is 0.445. The predicted molar refractivity (Wildman–Crippen MR) is 259 cm³/mol. The Labute approximate surface area is 398 Å². The molecule has 0 aliphatic rings. The molecule has 0 aliphatic heterocycles. The molecule has 7 heterocycles. The zero-order chi connectivity index (χ0) is 46.8. The Hall–Kier alpha value is -9.47. The summed E-state index contributed by atoms with van der Waals surface area (Å²) in [6.07, 6.45) is 33.4. The van der Waals surface area contributed by atoms with Crippen molar-refractivity contribution in [3.05, 3.63) is 236 Å². The fourth-order valence-electron chi connectivity index (χ4n) is 8.73. The van der Waals surface area contributed by atoms with Crippen LogP contribution in [-0.4, -0.2) is 32.8 Å². The van der Waals surface area contributed by atoms with Gasteiger partial charge in [0.25, 0.3) is 25.3 Å². The molecule has 0 aliphatic carbocycles. The van der Waals surface area contributed by atoms with Crippen molar-refractivity contribution in [2.24, 2.45) is 0 Å². The van der Waals surface area contributed by atoms with Gasteiger partial charge in [0.2, 0.25) is 0 Å². The minimum Gasteiger partial charge on any atom is -0.311 e. The van der Waals surface area contributed by atoms with E-state index in [4.69, 9.17) is 9.97 Å². The topological polar surface area (TPSA) is 89.7 Å². The van der Waals surface area contributed by atoms with Gasteiger partial charge in [0, 0.05) is 78.4 Å². The summed E-state index contributed by atoms with van der Waals surface area (Å²) in [4.78, 5) is 10.0. The number of nitriles is 1. The molecular formula is C57H42N12. The highest BCUT2D eigenvalue weighted by atomic mass is 15.2. The lowest BCUT2D eigenvalue weighted by Gasteiger charge is -2.16. The average molecular weight is 895 g/mol. The molecule has 7 aromatic heterocycles. The maximum absolute atomic E-state index is 11.2. The quantitative estimate of drug-likeness (QED) is 0.108. The number of aromatic nitrogens is 11. The number of benzene rings is 5. The average Bonchev–Trinajstić information content (AvgIpc) is 4.25. The molecule has 0 amide bonds. The van der Waals surface area contributed by atoms with Crippen LogP contribution in [0.5, 0.6) is 0 Å². The number of aryl methyl sites for hydroxylation is 4. The van der Waals surface area contributed by atoms with Gasteiger partial charge in [-0.1, -0.05) is 70.8 Å². The van der Waals surface area contributed by atoms with Crippen LogP contribution in [0.2, 0.25) is 0 Å². The summed E-state index contributed by atoms with van der Waals surface area (Å²) >= 11 is 0. The number of nitrogens with zero attached hydrogens (tertiary/aromatic N) is 12. The van der Waals surface area contributed by atoms with E-state index in [-0.39, 0.29) is 0 Å². The second kappa shape index (κ2) is 16.4. The highest BCUT2D eigenvalue weighted by Gasteiger charge is 2.22. The van der Waals surface area contributed by atoms with Crippen LogP contribution in [0.15, 0.2) is 183 Å². The summed E-state index contributed by atoms with van der Waals surface area (Å²) in [5.41, 5.74) is 12.8. The lowest BCUT2D eigenvalue weighted by atomic mass is 10.1. The molecule has 0 saturated heterocycles. The van der Waals surface area contributed by atoms with Crippen molar-refractivity contribution < 1.29 is 18.3 Å². The first-order valence-electron chi connectivity index (χ1n) is 22.5. The third kappa shape index (κ3) is 7.44. The van der Waals surface area contributed by atoms with E-state index in [1.54, 1.807) is 0 Å². The van der Waals surface area contributed by atoms with Crippen LogP contribution in [-0.2, 0) is 0 Å². The molecule has 330 valence electrons. The molecule has 0 N–H and O–H groups in total. The van der Waals surface area contributed by atoms with Crippen molar-refractivity contribution in [3.8, 4) is 57.5 Å². The smallest absolute Gasteiger partial charge is 0.270 e. The standard InChI is InChI=1S/C57H42N12/c1-40-5-13-44(14-6-40)61-21-25-65(36-61)52-29-48(30-53(49(52)33-58)66-26-22-62(37-66)45-15-7-41(2)8-16-45)69-54-31-56(67-27-23-63(38-67)46-17-9-42(3)10-18-46)59-34-50(54)51-35-60-57(32-55(51)69)68-28-24-64(39-68)47-19-11-43(4)12-20-47/h5-32,34-35H,1-4H3. The normalized spacial score (nSPS) is 11.5. The van der Waals surface area contributed by atoms with E-state index in [0.29, 0.717) is 28.6 Å². The van der Waals surface area contributed by atoms with Crippen molar-refractivity contribution >= 4 is 21.8 Å². The fraction of sp³-hybridized carbons (Fsp3) is 0.0702. The van der Waals surface area contributed by atoms with Gasteiger partial charge in [0.15, 0.2) is 11.6 Å². The molecule has 0 atom stereocenters. The van der Waals surface area contributed by atoms with Crippen molar-refractivity contribution in [1.82, 2.24) is 32.8 Å². The first-order valence-corrected chi connectivity index (χ1v) is 22.5. The Balaban J connectivity index is 1.09. The van der Waals surface area contributed by atoms with Crippen LogP contribution in [0.1, 0.15) is 27.8 Å². The van der Waals surface area contributed by atoms with Crippen LogP contribution in [0.25, 0.3) is 73.3 Å². The first kappa shape index (κ1) is 41.0. The second-order valence-electron chi connectivity index (χ2n) is 17.3. The van der Waals surface area contributed by atoms with Crippen LogP contribution >= 0.6 is 0 Å². The van der Waals surface area contributed by atoms with E-state index < -0.39 is 0 Å². The zero-order valence-electron chi connectivity index (χ0n) is 38.2.